The maximum Gasteiger partial charge on any atom is 0.338 e. The number of aryl methyl sites for hydroxylation is 1. The van der Waals surface area contributed by atoms with Crippen molar-refractivity contribution in [3.05, 3.63) is 29.3 Å². The highest BCUT2D eigenvalue weighted by Gasteiger charge is 2.18. The quantitative estimate of drug-likeness (QED) is 0.642. The largest absolute Gasteiger partial charge is 0.459 e. The lowest BCUT2D eigenvalue weighted by Gasteiger charge is -2.11. The standard InChI is InChI=1S/C13H17NO3/c1-9-7-10(14)4-5-12(9)13(15)17-8-11-3-2-6-16-11/h4-5,7,11H,2-3,6,8,14H2,1H3. The predicted molar refractivity (Wildman–Crippen MR) is 64.8 cm³/mol. The fourth-order valence-electron chi connectivity index (χ4n) is 1.94. The summed E-state index contributed by atoms with van der Waals surface area (Å²) in [5.41, 5.74) is 7.68. The van der Waals surface area contributed by atoms with Gasteiger partial charge in [-0.3, -0.25) is 0 Å². The van der Waals surface area contributed by atoms with Crippen molar-refractivity contribution >= 4 is 11.7 Å². The maximum absolute atomic E-state index is 11.8. The van der Waals surface area contributed by atoms with Crippen LogP contribution in [0.4, 0.5) is 5.69 Å². The van der Waals surface area contributed by atoms with Gasteiger partial charge in [-0.25, -0.2) is 4.79 Å². The van der Waals surface area contributed by atoms with Crippen LogP contribution in [0.2, 0.25) is 0 Å². The minimum absolute atomic E-state index is 0.0630. The molecule has 4 heteroatoms. The predicted octanol–water partition coefficient (Wildman–Crippen LogP) is 1.91. The first-order valence-electron chi connectivity index (χ1n) is 5.81. The summed E-state index contributed by atoms with van der Waals surface area (Å²) >= 11 is 0. The average molecular weight is 235 g/mol. The molecular formula is C13H17NO3. The van der Waals surface area contributed by atoms with Crippen LogP contribution in [0.25, 0.3) is 0 Å². The van der Waals surface area contributed by atoms with Gasteiger partial charge < -0.3 is 15.2 Å². The summed E-state index contributed by atoms with van der Waals surface area (Å²) in [4.78, 5) is 11.8. The number of anilines is 1. The van der Waals surface area contributed by atoms with Gasteiger partial charge in [0.2, 0.25) is 0 Å². The SMILES string of the molecule is Cc1cc(N)ccc1C(=O)OCC1CCCO1. The van der Waals surface area contributed by atoms with E-state index in [2.05, 4.69) is 0 Å². The Morgan fingerprint density at radius 2 is 2.41 bits per heavy atom. The van der Waals surface area contributed by atoms with Gasteiger partial charge in [-0.15, -0.1) is 0 Å². The fraction of sp³-hybridized carbons (Fsp3) is 0.462. The van der Waals surface area contributed by atoms with Crippen LogP contribution >= 0.6 is 0 Å². The number of benzene rings is 1. The van der Waals surface area contributed by atoms with Crippen LogP contribution in [-0.4, -0.2) is 25.3 Å². The molecule has 0 saturated carbocycles. The molecule has 1 atom stereocenters. The minimum atomic E-state index is -0.307. The van der Waals surface area contributed by atoms with Gasteiger partial charge in [0.05, 0.1) is 11.7 Å². The molecule has 1 aliphatic rings. The molecule has 0 radical (unpaired) electrons. The van der Waals surface area contributed by atoms with Crippen LogP contribution in [0, 0.1) is 6.92 Å². The fourth-order valence-corrected chi connectivity index (χ4v) is 1.94. The van der Waals surface area contributed by atoms with E-state index in [9.17, 15) is 4.79 Å². The van der Waals surface area contributed by atoms with Crippen LogP contribution in [-0.2, 0) is 9.47 Å². The molecule has 0 bridgehead atoms. The van der Waals surface area contributed by atoms with E-state index in [1.54, 1.807) is 18.2 Å². The summed E-state index contributed by atoms with van der Waals surface area (Å²) in [6, 6.07) is 5.17. The monoisotopic (exact) mass is 235 g/mol. The number of carbonyl (C=O) groups excluding carboxylic acids is 1. The molecular weight excluding hydrogens is 218 g/mol. The average Bonchev–Trinajstić information content (AvgIpc) is 2.78. The number of hydrogen-bond acceptors (Lipinski definition) is 4. The van der Waals surface area contributed by atoms with E-state index >= 15 is 0 Å². The van der Waals surface area contributed by atoms with E-state index in [-0.39, 0.29) is 12.1 Å². The molecule has 92 valence electrons. The van der Waals surface area contributed by atoms with Crippen LogP contribution in [0.1, 0.15) is 28.8 Å². The summed E-state index contributed by atoms with van der Waals surface area (Å²) in [5.74, 6) is -0.307. The smallest absolute Gasteiger partial charge is 0.338 e. The molecule has 2 N–H and O–H groups in total. The summed E-state index contributed by atoms with van der Waals surface area (Å²) in [6.07, 6.45) is 2.07. The maximum atomic E-state index is 11.8. The number of ether oxygens (including phenoxy) is 2. The van der Waals surface area contributed by atoms with E-state index < -0.39 is 0 Å². The first kappa shape index (κ1) is 11.9. The Labute approximate surface area is 101 Å². The van der Waals surface area contributed by atoms with Crippen LogP contribution in [0.3, 0.4) is 0 Å². The highest BCUT2D eigenvalue weighted by atomic mass is 16.6. The van der Waals surface area contributed by atoms with Gasteiger partial charge in [-0.1, -0.05) is 0 Å². The Kier molecular flexibility index (Phi) is 3.64. The highest BCUT2D eigenvalue weighted by Crippen LogP contribution is 2.16. The molecule has 2 rings (SSSR count). The third kappa shape index (κ3) is 2.97. The molecule has 1 unspecified atom stereocenters. The first-order chi connectivity index (χ1) is 8.16. The first-order valence-corrected chi connectivity index (χ1v) is 5.81. The Hall–Kier alpha value is -1.55. The van der Waals surface area contributed by atoms with Gasteiger partial charge in [0.15, 0.2) is 0 Å². The lowest BCUT2D eigenvalue weighted by molar-refractivity contribution is 0.0161. The topological polar surface area (TPSA) is 61.6 Å². The van der Waals surface area contributed by atoms with Crippen molar-refractivity contribution in [3.63, 3.8) is 0 Å². The van der Waals surface area contributed by atoms with Crippen molar-refractivity contribution in [2.24, 2.45) is 0 Å². The van der Waals surface area contributed by atoms with E-state index in [4.69, 9.17) is 15.2 Å². The van der Waals surface area contributed by atoms with Crippen LogP contribution in [0.15, 0.2) is 18.2 Å². The molecule has 1 aromatic carbocycles. The summed E-state index contributed by atoms with van der Waals surface area (Å²) in [6.45, 7) is 2.95. The molecule has 0 aliphatic carbocycles. The van der Waals surface area contributed by atoms with Crippen LogP contribution < -0.4 is 5.73 Å². The number of rotatable bonds is 3. The molecule has 1 aromatic rings. The molecule has 17 heavy (non-hydrogen) atoms. The molecule has 0 aromatic heterocycles. The van der Waals surface area contributed by atoms with Crippen LogP contribution in [0.5, 0.6) is 0 Å². The van der Waals surface area contributed by atoms with Crippen molar-refractivity contribution in [1.82, 2.24) is 0 Å². The van der Waals surface area contributed by atoms with Gasteiger partial charge >= 0.3 is 5.97 Å². The Balaban J connectivity index is 1.94. The Morgan fingerprint density at radius 3 is 3.06 bits per heavy atom. The van der Waals surface area contributed by atoms with E-state index in [0.717, 1.165) is 25.0 Å². The second kappa shape index (κ2) is 5.19. The van der Waals surface area contributed by atoms with Crippen molar-refractivity contribution in [2.45, 2.75) is 25.9 Å². The van der Waals surface area contributed by atoms with Gasteiger partial charge in [0, 0.05) is 12.3 Å². The van der Waals surface area contributed by atoms with E-state index in [1.807, 2.05) is 6.92 Å². The molecule has 1 aliphatic heterocycles. The van der Waals surface area contributed by atoms with Crippen molar-refractivity contribution in [1.29, 1.82) is 0 Å². The second-order valence-corrected chi connectivity index (χ2v) is 4.31. The molecule has 1 heterocycles. The van der Waals surface area contributed by atoms with Gasteiger partial charge in [0.1, 0.15) is 6.61 Å². The van der Waals surface area contributed by atoms with E-state index in [1.165, 1.54) is 0 Å². The van der Waals surface area contributed by atoms with Gasteiger partial charge in [-0.2, -0.15) is 0 Å². The lowest BCUT2D eigenvalue weighted by Crippen LogP contribution is -2.18. The lowest BCUT2D eigenvalue weighted by atomic mass is 10.1. The highest BCUT2D eigenvalue weighted by molar-refractivity contribution is 5.91. The molecule has 0 amide bonds. The van der Waals surface area contributed by atoms with Crippen molar-refractivity contribution in [3.8, 4) is 0 Å². The van der Waals surface area contributed by atoms with Gasteiger partial charge in [-0.05, 0) is 43.5 Å². The summed E-state index contributed by atoms with van der Waals surface area (Å²) < 4.78 is 10.6. The zero-order valence-electron chi connectivity index (χ0n) is 9.94. The second-order valence-electron chi connectivity index (χ2n) is 4.31. The number of hydrogen-bond donors (Lipinski definition) is 1. The molecule has 1 fully saturated rings. The van der Waals surface area contributed by atoms with Crippen molar-refractivity contribution < 1.29 is 14.3 Å². The third-order valence-corrected chi connectivity index (χ3v) is 2.89. The number of carbonyl (C=O) groups is 1. The normalized spacial score (nSPS) is 19.2. The summed E-state index contributed by atoms with van der Waals surface area (Å²) in [7, 11) is 0. The number of esters is 1. The van der Waals surface area contributed by atoms with Crippen molar-refractivity contribution in [2.75, 3.05) is 18.9 Å². The Morgan fingerprint density at radius 1 is 1.59 bits per heavy atom. The molecule has 1 saturated heterocycles. The molecule has 0 spiro atoms. The van der Waals surface area contributed by atoms with Gasteiger partial charge in [0.25, 0.3) is 0 Å². The minimum Gasteiger partial charge on any atom is -0.459 e. The summed E-state index contributed by atoms with van der Waals surface area (Å²) in [5, 5.41) is 0. The molecule has 4 nitrogen and oxygen atoms in total. The number of nitrogen functional groups attached to an aromatic ring is 1. The Bertz CT molecular complexity index is 411. The van der Waals surface area contributed by atoms with E-state index in [0.29, 0.717) is 17.9 Å². The number of nitrogens with two attached hydrogens (primary N) is 1. The zero-order valence-corrected chi connectivity index (χ0v) is 9.94. The third-order valence-electron chi connectivity index (χ3n) is 2.89. The zero-order chi connectivity index (χ0) is 12.3.